The second-order valence-electron chi connectivity index (χ2n) is 17.5. The van der Waals surface area contributed by atoms with Gasteiger partial charge in [0.2, 0.25) is 0 Å². The average molecular weight is 747 g/mol. The van der Waals surface area contributed by atoms with E-state index in [2.05, 4.69) is 164 Å². The summed E-state index contributed by atoms with van der Waals surface area (Å²) in [6.45, 7) is 0. The van der Waals surface area contributed by atoms with Gasteiger partial charge < -0.3 is 0 Å². The van der Waals surface area contributed by atoms with Crippen molar-refractivity contribution < 1.29 is 0 Å². The third-order valence-corrected chi connectivity index (χ3v) is 15.8. The van der Waals surface area contributed by atoms with Gasteiger partial charge in [-0.3, -0.25) is 0 Å². The van der Waals surface area contributed by atoms with Gasteiger partial charge in [-0.15, -0.1) is 11.3 Å². The highest BCUT2D eigenvalue weighted by Gasteiger charge is 2.49. The maximum absolute atomic E-state index is 2.52. The van der Waals surface area contributed by atoms with Gasteiger partial charge in [0.05, 0.1) is 0 Å². The Hall–Kier alpha value is -5.76. The quantitative estimate of drug-likeness (QED) is 0.157. The van der Waals surface area contributed by atoms with Gasteiger partial charge in [-0.1, -0.05) is 152 Å². The molecule has 14 rings (SSSR count). The van der Waals surface area contributed by atoms with Gasteiger partial charge in [0.15, 0.2) is 0 Å². The van der Waals surface area contributed by atoms with Crippen molar-refractivity contribution in [3.63, 3.8) is 0 Å². The van der Waals surface area contributed by atoms with Gasteiger partial charge in [0.1, 0.15) is 0 Å². The molecule has 4 fully saturated rings. The second kappa shape index (κ2) is 12.4. The lowest BCUT2D eigenvalue weighted by Crippen LogP contribution is -2.43. The fraction of sp³-hybridized carbons (Fsp3) is 0.179. The van der Waals surface area contributed by atoms with Crippen molar-refractivity contribution >= 4 is 74.6 Å². The van der Waals surface area contributed by atoms with Crippen LogP contribution in [0.2, 0.25) is 0 Å². The van der Waals surface area contributed by atoms with E-state index >= 15 is 0 Å². The summed E-state index contributed by atoms with van der Waals surface area (Å²) in [7, 11) is 0. The van der Waals surface area contributed by atoms with Crippen molar-refractivity contribution in [2.45, 2.75) is 38.0 Å². The van der Waals surface area contributed by atoms with E-state index in [1.165, 1.54) is 129 Å². The number of hydrogen-bond donors (Lipinski definition) is 0. The lowest BCUT2D eigenvalue weighted by molar-refractivity contribution is -0.00185. The summed E-state index contributed by atoms with van der Waals surface area (Å²) < 4.78 is 2.70. The zero-order chi connectivity index (χ0) is 37.2. The van der Waals surface area contributed by atoms with E-state index in [-0.39, 0.29) is 0 Å². The minimum Gasteiger partial charge on any atom is -0.135 e. The van der Waals surface area contributed by atoms with Crippen LogP contribution >= 0.6 is 11.3 Å². The molecule has 4 bridgehead atoms. The highest BCUT2D eigenvalue weighted by atomic mass is 32.1. The molecule has 57 heavy (non-hydrogen) atoms. The summed E-state index contributed by atoms with van der Waals surface area (Å²) >= 11 is 1.95. The molecule has 1 aromatic heterocycles. The maximum atomic E-state index is 2.52. The number of fused-ring (bicyclic) bond motifs is 7. The minimum absolute atomic E-state index is 0.678. The fourth-order valence-electron chi connectivity index (χ4n) is 12.7. The molecule has 0 unspecified atom stereocenters. The summed E-state index contributed by atoms with van der Waals surface area (Å²) in [4.78, 5) is 0. The van der Waals surface area contributed by atoms with E-state index in [1.807, 2.05) is 11.3 Å². The summed E-state index contributed by atoms with van der Waals surface area (Å²) in [5.41, 5.74) is 9.58. The van der Waals surface area contributed by atoms with Crippen LogP contribution in [0.4, 0.5) is 0 Å². The Morgan fingerprint density at radius 3 is 1.40 bits per heavy atom. The van der Waals surface area contributed by atoms with Crippen LogP contribution in [-0.4, -0.2) is 0 Å². The Morgan fingerprint density at radius 2 is 0.825 bits per heavy atom. The van der Waals surface area contributed by atoms with Crippen molar-refractivity contribution in [2.24, 2.45) is 23.7 Å². The molecular weight excluding hydrogens is 705 g/mol. The van der Waals surface area contributed by atoms with E-state index in [9.17, 15) is 0 Å². The Morgan fingerprint density at radius 1 is 0.351 bits per heavy atom. The number of benzene rings is 9. The standard InChI is InChI=1S/C56H42S/c1-2-13-35(14-3-1)52-39-15-4-8-19-43(39)54(44-20-9-5-16-40(44)52)48-24-12-23-47-49-32-36(25-26-50(49)57-56(47)48)53-41-17-6-10-21-45(41)55(46-22-11-7-18-42(46)53)51-37-28-33-27-34(30-37)31-38(51)29-33/h1-26,32-34,37-38,51H,27-31H2. The van der Waals surface area contributed by atoms with Crippen molar-refractivity contribution in [3.05, 3.63) is 169 Å². The highest BCUT2D eigenvalue weighted by molar-refractivity contribution is 7.26. The summed E-state index contributed by atoms with van der Waals surface area (Å²) in [6.07, 6.45) is 7.25. The van der Waals surface area contributed by atoms with Crippen LogP contribution in [0.25, 0.3) is 96.6 Å². The first kappa shape index (κ1) is 32.3. The SMILES string of the molecule is c1ccc(-c2c3ccccc3c(-c3cccc4c3sc3ccc(-c5c6ccccc6c(C6C7CC8CC(C7)CC6C8)c6ccccc56)cc34)c3ccccc23)cc1. The first-order chi connectivity index (χ1) is 28.3. The predicted octanol–water partition coefficient (Wildman–Crippen LogP) is 16.2. The number of rotatable bonds is 4. The molecule has 1 heterocycles. The normalized spacial score (nSPS) is 21.5. The van der Waals surface area contributed by atoms with Gasteiger partial charge in [0.25, 0.3) is 0 Å². The monoisotopic (exact) mass is 746 g/mol. The molecular formula is C56H42S. The molecule has 0 saturated heterocycles. The molecule has 0 nitrogen and oxygen atoms in total. The third-order valence-electron chi connectivity index (χ3n) is 14.6. The van der Waals surface area contributed by atoms with Crippen LogP contribution in [0, 0.1) is 23.7 Å². The lowest BCUT2D eigenvalue weighted by Gasteiger charge is -2.55. The van der Waals surface area contributed by atoms with Gasteiger partial charge >= 0.3 is 0 Å². The Bertz CT molecular complexity index is 3110. The van der Waals surface area contributed by atoms with Crippen molar-refractivity contribution in [3.8, 4) is 33.4 Å². The second-order valence-corrected chi connectivity index (χ2v) is 18.6. The van der Waals surface area contributed by atoms with E-state index in [0.29, 0.717) is 5.92 Å². The molecule has 0 N–H and O–H groups in total. The van der Waals surface area contributed by atoms with Crippen LogP contribution in [0.3, 0.4) is 0 Å². The molecule has 1 heteroatoms. The molecule has 4 aliphatic rings. The average Bonchev–Trinajstić information content (AvgIpc) is 3.63. The number of thiophene rings is 1. The first-order valence-corrected chi connectivity index (χ1v) is 22.0. The van der Waals surface area contributed by atoms with E-state index in [0.717, 1.165) is 23.7 Å². The molecule has 4 aliphatic carbocycles. The van der Waals surface area contributed by atoms with Gasteiger partial charge in [-0.05, 0) is 150 Å². The van der Waals surface area contributed by atoms with Gasteiger partial charge in [-0.2, -0.15) is 0 Å². The molecule has 0 atom stereocenters. The Balaban J connectivity index is 1.03. The van der Waals surface area contributed by atoms with Crippen LogP contribution in [0.1, 0.15) is 43.6 Å². The van der Waals surface area contributed by atoms with Crippen molar-refractivity contribution in [1.82, 2.24) is 0 Å². The zero-order valence-electron chi connectivity index (χ0n) is 31.9. The largest absolute Gasteiger partial charge is 0.135 e. The molecule has 0 radical (unpaired) electrons. The molecule has 0 spiro atoms. The molecule has 272 valence electrons. The van der Waals surface area contributed by atoms with Crippen molar-refractivity contribution in [1.29, 1.82) is 0 Å². The molecule has 4 saturated carbocycles. The summed E-state index contributed by atoms with van der Waals surface area (Å²) in [5, 5.41) is 13.7. The zero-order valence-corrected chi connectivity index (χ0v) is 32.7. The van der Waals surface area contributed by atoms with Crippen LogP contribution in [0.5, 0.6) is 0 Å². The van der Waals surface area contributed by atoms with E-state index < -0.39 is 0 Å². The summed E-state index contributed by atoms with van der Waals surface area (Å²) in [5.74, 6) is 4.30. The number of hydrogen-bond acceptors (Lipinski definition) is 1. The first-order valence-electron chi connectivity index (χ1n) is 21.1. The van der Waals surface area contributed by atoms with Gasteiger partial charge in [0, 0.05) is 25.7 Å². The molecule has 0 amide bonds. The maximum Gasteiger partial charge on any atom is 0.0434 e. The van der Waals surface area contributed by atoms with Gasteiger partial charge in [-0.25, -0.2) is 0 Å². The topological polar surface area (TPSA) is 0 Å². The smallest absolute Gasteiger partial charge is 0.0434 e. The Kier molecular flexibility index (Phi) is 7.02. The van der Waals surface area contributed by atoms with Crippen LogP contribution in [0.15, 0.2) is 164 Å². The Labute approximate surface area is 337 Å². The molecule has 0 aliphatic heterocycles. The van der Waals surface area contributed by atoms with Crippen molar-refractivity contribution in [2.75, 3.05) is 0 Å². The molecule has 9 aromatic carbocycles. The molecule has 10 aromatic rings. The fourth-order valence-corrected chi connectivity index (χ4v) is 13.9. The lowest BCUT2D eigenvalue weighted by atomic mass is 9.50. The van der Waals surface area contributed by atoms with Crippen LogP contribution in [-0.2, 0) is 0 Å². The summed E-state index contributed by atoms with van der Waals surface area (Å²) in [6, 6.07) is 62.2. The minimum atomic E-state index is 0.678. The third kappa shape index (κ3) is 4.73. The highest BCUT2D eigenvalue weighted by Crippen LogP contribution is 2.62. The van der Waals surface area contributed by atoms with Crippen LogP contribution < -0.4 is 0 Å². The van der Waals surface area contributed by atoms with E-state index in [1.54, 1.807) is 5.56 Å². The van der Waals surface area contributed by atoms with E-state index in [4.69, 9.17) is 0 Å². The predicted molar refractivity (Wildman–Crippen MR) is 245 cm³/mol.